The zero-order chi connectivity index (χ0) is 16.8. The Kier molecular flexibility index (Phi) is 6.17. The molecule has 0 saturated carbocycles. The maximum Gasteiger partial charge on any atom is 0.329 e. The van der Waals surface area contributed by atoms with E-state index in [-0.39, 0.29) is 10.8 Å². The molecular weight excluding hydrogens is 306 g/mol. The van der Waals surface area contributed by atoms with Crippen molar-refractivity contribution >= 4 is 16.0 Å². The summed E-state index contributed by atoms with van der Waals surface area (Å²) in [5.74, 6) is 4.68. The molecule has 0 atom stereocenters. The number of amides is 1. The Morgan fingerprint density at radius 2 is 1.77 bits per heavy atom. The fraction of sp³-hybridized carbons (Fsp3) is 0.143. The lowest BCUT2D eigenvalue weighted by Gasteiger charge is -2.05. The number of nitrogens with one attached hydrogen (secondary N) is 1. The molecule has 7 nitrogen and oxygen atoms in total. The van der Waals surface area contributed by atoms with Crippen molar-refractivity contribution in [3.63, 3.8) is 0 Å². The fourth-order valence-corrected chi connectivity index (χ4v) is 2.01. The van der Waals surface area contributed by atoms with Gasteiger partial charge in [0.05, 0.1) is 4.90 Å². The second kappa shape index (κ2) is 7.64. The minimum atomic E-state index is -4.27. The molecule has 0 aliphatic heterocycles. The number of nitrogen functional groups attached to an aromatic ring is 1. The number of carbonyl (C=O) groups excluding carboxylic acids is 1. The molecule has 2 aromatic rings. The first-order chi connectivity index (χ1) is 10.3. The van der Waals surface area contributed by atoms with Gasteiger partial charge >= 0.3 is 5.91 Å². The van der Waals surface area contributed by atoms with Crippen LogP contribution in [0.2, 0.25) is 0 Å². The number of benzene rings is 1. The average molecular weight is 323 g/mol. The molecule has 118 valence electrons. The van der Waals surface area contributed by atoms with Crippen molar-refractivity contribution in [2.24, 2.45) is 12.9 Å². The van der Waals surface area contributed by atoms with Gasteiger partial charge in [-0.15, -0.1) is 0 Å². The Morgan fingerprint density at radius 3 is 2.23 bits per heavy atom. The molecule has 0 fully saturated rings. The predicted molar refractivity (Wildman–Crippen MR) is 78.4 cm³/mol. The SMILES string of the molecule is C[n+]1ccccc1C(=O)NN.Cc1ccc(S(=O)(=O)[O-])cc1. The highest BCUT2D eigenvalue weighted by Gasteiger charge is 2.12. The van der Waals surface area contributed by atoms with E-state index in [0.717, 1.165) is 5.56 Å². The number of rotatable bonds is 2. The van der Waals surface area contributed by atoms with E-state index in [1.807, 2.05) is 13.0 Å². The van der Waals surface area contributed by atoms with Crippen LogP contribution < -0.4 is 15.8 Å². The highest BCUT2D eigenvalue weighted by molar-refractivity contribution is 7.85. The lowest BCUT2D eigenvalue weighted by Crippen LogP contribution is -2.42. The summed E-state index contributed by atoms with van der Waals surface area (Å²) in [7, 11) is -2.49. The highest BCUT2D eigenvalue weighted by atomic mass is 32.2. The molecule has 1 amide bonds. The Bertz CT molecular complexity index is 743. The topological polar surface area (TPSA) is 116 Å². The molecule has 3 N–H and O–H groups in total. The average Bonchev–Trinajstić information content (AvgIpc) is 2.47. The van der Waals surface area contributed by atoms with Gasteiger partial charge in [0, 0.05) is 12.1 Å². The van der Waals surface area contributed by atoms with E-state index in [1.165, 1.54) is 12.1 Å². The molecule has 1 aromatic heterocycles. The third-order valence-electron chi connectivity index (χ3n) is 2.73. The van der Waals surface area contributed by atoms with E-state index in [0.29, 0.717) is 5.69 Å². The van der Waals surface area contributed by atoms with Gasteiger partial charge in [-0.05, 0) is 25.1 Å². The second-order valence-corrected chi connectivity index (χ2v) is 5.82. The summed E-state index contributed by atoms with van der Waals surface area (Å²) in [4.78, 5) is 10.8. The Labute approximate surface area is 129 Å². The summed E-state index contributed by atoms with van der Waals surface area (Å²) in [6, 6.07) is 11.1. The first kappa shape index (κ1) is 17.8. The van der Waals surface area contributed by atoms with Crippen LogP contribution in [-0.2, 0) is 17.2 Å². The third-order valence-corrected chi connectivity index (χ3v) is 3.58. The highest BCUT2D eigenvalue weighted by Crippen LogP contribution is 2.08. The van der Waals surface area contributed by atoms with Crippen LogP contribution in [-0.4, -0.2) is 18.9 Å². The number of nitrogens with zero attached hydrogens (tertiary/aromatic N) is 1. The van der Waals surface area contributed by atoms with Gasteiger partial charge in [-0.3, -0.25) is 10.2 Å². The van der Waals surface area contributed by atoms with E-state index in [9.17, 15) is 17.8 Å². The molecule has 0 aliphatic carbocycles. The van der Waals surface area contributed by atoms with Gasteiger partial charge in [-0.25, -0.2) is 14.3 Å². The number of nitrogens with two attached hydrogens (primary N) is 1. The van der Waals surface area contributed by atoms with Gasteiger partial charge in [0.25, 0.3) is 5.69 Å². The standard InChI is InChI=1S/C7H9N3O.C7H8O3S/c1-10-5-3-2-4-6(10)7(11)9-8;1-6-2-4-7(5-3-6)11(8,9)10/h2-5,8,11H,1H3;2-5H,1H3,(H,8,9,10). The number of aromatic nitrogens is 1. The van der Waals surface area contributed by atoms with Crippen molar-refractivity contribution in [1.29, 1.82) is 0 Å². The summed E-state index contributed by atoms with van der Waals surface area (Å²) < 4.78 is 32.9. The number of carbonyl (C=O) groups is 1. The van der Waals surface area contributed by atoms with Gasteiger partial charge in [-0.2, -0.15) is 4.57 Å². The number of hydrazine groups is 1. The molecule has 1 aromatic carbocycles. The van der Waals surface area contributed by atoms with Crippen LogP contribution in [0.4, 0.5) is 0 Å². The number of pyridine rings is 1. The fourth-order valence-electron chi connectivity index (χ4n) is 1.54. The van der Waals surface area contributed by atoms with Crippen molar-refractivity contribution in [1.82, 2.24) is 5.43 Å². The quantitative estimate of drug-likeness (QED) is 0.265. The van der Waals surface area contributed by atoms with E-state index in [4.69, 9.17) is 5.84 Å². The van der Waals surface area contributed by atoms with Crippen LogP contribution in [0.25, 0.3) is 0 Å². The van der Waals surface area contributed by atoms with Crippen LogP contribution >= 0.6 is 0 Å². The van der Waals surface area contributed by atoms with Crippen molar-refractivity contribution in [2.75, 3.05) is 0 Å². The second-order valence-electron chi connectivity index (χ2n) is 4.44. The molecule has 0 saturated heterocycles. The van der Waals surface area contributed by atoms with Crippen molar-refractivity contribution in [2.45, 2.75) is 11.8 Å². The predicted octanol–water partition coefficient (Wildman–Crippen LogP) is 0.0137. The maximum atomic E-state index is 11.0. The van der Waals surface area contributed by atoms with E-state index >= 15 is 0 Å². The van der Waals surface area contributed by atoms with Crippen LogP contribution in [0, 0.1) is 6.92 Å². The lowest BCUT2D eigenvalue weighted by molar-refractivity contribution is -0.673. The molecular formula is C14H17N3O4S. The Balaban J connectivity index is 0.000000220. The monoisotopic (exact) mass is 323 g/mol. The summed E-state index contributed by atoms with van der Waals surface area (Å²) in [5, 5.41) is 0. The van der Waals surface area contributed by atoms with Crippen molar-refractivity contribution in [3.05, 3.63) is 59.9 Å². The van der Waals surface area contributed by atoms with Gasteiger partial charge in [-0.1, -0.05) is 17.7 Å². The van der Waals surface area contributed by atoms with Gasteiger partial charge in [0.15, 0.2) is 6.20 Å². The normalized spacial score (nSPS) is 10.4. The molecule has 0 aliphatic rings. The van der Waals surface area contributed by atoms with Crippen molar-refractivity contribution < 1.29 is 22.3 Å². The number of hydrogen-bond donors (Lipinski definition) is 2. The van der Waals surface area contributed by atoms with E-state index in [1.54, 1.807) is 42.1 Å². The van der Waals surface area contributed by atoms with Crippen LogP contribution in [0.15, 0.2) is 53.6 Å². The summed E-state index contributed by atoms with van der Waals surface area (Å²) >= 11 is 0. The van der Waals surface area contributed by atoms with Crippen LogP contribution in [0.5, 0.6) is 0 Å². The molecule has 0 bridgehead atoms. The Hall–Kier alpha value is -2.29. The zero-order valence-electron chi connectivity index (χ0n) is 12.2. The molecule has 0 spiro atoms. The molecule has 22 heavy (non-hydrogen) atoms. The smallest absolute Gasteiger partial charge is 0.329 e. The molecule has 0 radical (unpaired) electrons. The zero-order valence-corrected chi connectivity index (χ0v) is 13.0. The first-order valence-electron chi connectivity index (χ1n) is 6.24. The molecule has 8 heteroatoms. The van der Waals surface area contributed by atoms with E-state index in [2.05, 4.69) is 5.43 Å². The summed E-state index contributed by atoms with van der Waals surface area (Å²) in [6.45, 7) is 1.82. The maximum absolute atomic E-state index is 11.0. The molecule has 2 rings (SSSR count). The number of aryl methyl sites for hydroxylation is 2. The van der Waals surface area contributed by atoms with Gasteiger partial charge < -0.3 is 4.55 Å². The summed E-state index contributed by atoms with van der Waals surface area (Å²) in [5.41, 5.74) is 3.53. The van der Waals surface area contributed by atoms with Gasteiger partial charge in [0.2, 0.25) is 0 Å². The minimum Gasteiger partial charge on any atom is -0.744 e. The van der Waals surface area contributed by atoms with Crippen LogP contribution in [0.3, 0.4) is 0 Å². The minimum absolute atomic E-state index is 0.178. The van der Waals surface area contributed by atoms with Crippen LogP contribution in [0.1, 0.15) is 16.1 Å². The largest absolute Gasteiger partial charge is 0.744 e. The third kappa shape index (κ3) is 5.24. The first-order valence-corrected chi connectivity index (χ1v) is 7.64. The van der Waals surface area contributed by atoms with Crippen molar-refractivity contribution in [3.8, 4) is 0 Å². The lowest BCUT2D eigenvalue weighted by atomic mass is 10.2. The number of hydrogen-bond acceptors (Lipinski definition) is 5. The van der Waals surface area contributed by atoms with Gasteiger partial charge in [0.1, 0.15) is 17.2 Å². The Morgan fingerprint density at radius 1 is 1.18 bits per heavy atom. The molecule has 0 unspecified atom stereocenters. The molecule has 1 heterocycles. The summed E-state index contributed by atoms with van der Waals surface area (Å²) in [6.07, 6.45) is 1.78. The van der Waals surface area contributed by atoms with E-state index < -0.39 is 10.1 Å².